The Kier molecular flexibility index (Phi) is 3.44. The minimum Gasteiger partial charge on any atom is -0.466 e. The molecule has 0 aliphatic heterocycles. The normalized spacial score (nSPS) is 17.2. The molecule has 6 heteroatoms. The Morgan fingerprint density at radius 2 is 2.09 bits per heavy atom. The molecule has 1 aliphatic carbocycles. The number of aromatic amines is 1. The summed E-state index contributed by atoms with van der Waals surface area (Å²) in [5.74, 6) is 0.535. The zero-order valence-corrected chi connectivity index (χ0v) is 12.3. The van der Waals surface area contributed by atoms with Crippen LogP contribution in [0.2, 0.25) is 0 Å². The van der Waals surface area contributed by atoms with Gasteiger partial charge in [-0.15, -0.1) is 0 Å². The first-order valence-electron chi connectivity index (χ1n) is 6.93. The number of H-pyrrole nitrogens is 1. The van der Waals surface area contributed by atoms with Crippen LogP contribution in [0.25, 0.3) is 0 Å². The number of carbonyl (C=O) groups is 2. The fourth-order valence-electron chi connectivity index (χ4n) is 2.77. The first kappa shape index (κ1) is 14.3. The maximum Gasteiger partial charge on any atom is 0.343 e. The van der Waals surface area contributed by atoms with E-state index in [1.165, 1.54) is 13.2 Å². The van der Waals surface area contributed by atoms with E-state index in [1.54, 1.807) is 0 Å². The summed E-state index contributed by atoms with van der Waals surface area (Å²) in [6.07, 6.45) is 0.775. The molecular formula is C16H15NO5. The maximum absolute atomic E-state index is 12.3. The van der Waals surface area contributed by atoms with E-state index in [2.05, 4.69) is 9.72 Å². The summed E-state index contributed by atoms with van der Waals surface area (Å²) in [5.41, 5.74) is 0.212. The fraction of sp³-hybridized carbons (Fsp3) is 0.312. The number of methoxy groups -OCH3 is 1. The quantitative estimate of drug-likeness (QED) is 0.857. The van der Waals surface area contributed by atoms with Crippen molar-refractivity contribution in [3.05, 3.63) is 56.9 Å². The predicted octanol–water partition coefficient (Wildman–Crippen LogP) is 1.98. The minimum atomic E-state index is -0.749. The molecule has 0 radical (unpaired) electrons. The SMILES string of the molecule is COC(=O)c1cc2c([nH]c1=O)C[C@H](c1ccc(C)o1)CC2=O. The lowest BCUT2D eigenvalue weighted by atomic mass is 9.84. The number of esters is 1. The molecule has 6 nitrogen and oxygen atoms in total. The van der Waals surface area contributed by atoms with Gasteiger partial charge in [0.15, 0.2) is 5.78 Å². The lowest BCUT2D eigenvalue weighted by molar-refractivity contribution is 0.0598. The van der Waals surface area contributed by atoms with Gasteiger partial charge in [-0.2, -0.15) is 0 Å². The second kappa shape index (κ2) is 5.29. The number of hydrogen-bond donors (Lipinski definition) is 1. The van der Waals surface area contributed by atoms with Crippen LogP contribution in [0.5, 0.6) is 0 Å². The van der Waals surface area contributed by atoms with Gasteiger partial charge in [-0.25, -0.2) is 4.79 Å². The highest BCUT2D eigenvalue weighted by atomic mass is 16.5. The van der Waals surface area contributed by atoms with Crippen molar-refractivity contribution in [3.8, 4) is 0 Å². The zero-order valence-electron chi connectivity index (χ0n) is 12.3. The second-order valence-corrected chi connectivity index (χ2v) is 5.37. The number of fused-ring (bicyclic) bond motifs is 1. The Hall–Kier alpha value is -2.63. The average molecular weight is 301 g/mol. The third-order valence-electron chi connectivity index (χ3n) is 3.87. The lowest BCUT2D eigenvalue weighted by Gasteiger charge is -2.22. The van der Waals surface area contributed by atoms with E-state index >= 15 is 0 Å². The molecule has 0 saturated heterocycles. The summed E-state index contributed by atoms with van der Waals surface area (Å²) in [6, 6.07) is 5.02. The molecule has 2 aromatic heterocycles. The molecule has 0 unspecified atom stereocenters. The molecule has 1 N–H and O–H groups in total. The van der Waals surface area contributed by atoms with Crippen molar-refractivity contribution in [1.29, 1.82) is 0 Å². The largest absolute Gasteiger partial charge is 0.466 e. The van der Waals surface area contributed by atoms with E-state index in [9.17, 15) is 14.4 Å². The second-order valence-electron chi connectivity index (χ2n) is 5.37. The first-order chi connectivity index (χ1) is 10.5. The Balaban J connectivity index is 2.01. The van der Waals surface area contributed by atoms with Gasteiger partial charge in [-0.05, 0) is 31.5 Å². The summed E-state index contributed by atoms with van der Waals surface area (Å²) >= 11 is 0. The molecule has 2 heterocycles. The molecule has 0 aromatic carbocycles. The van der Waals surface area contributed by atoms with Crippen LogP contribution in [0.1, 0.15) is 50.3 Å². The summed E-state index contributed by atoms with van der Waals surface area (Å²) in [5, 5.41) is 0. The van der Waals surface area contributed by atoms with Crippen molar-refractivity contribution in [2.24, 2.45) is 0 Å². The van der Waals surface area contributed by atoms with E-state index in [4.69, 9.17) is 4.42 Å². The van der Waals surface area contributed by atoms with Gasteiger partial charge in [0.05, 0.1) is 7.11 Å². The van der Waals surface area contributed by atoms with Crippen LogP contribution >= 0.6 is 0 Å². The number of rotatable bonds is 2. The van der Waals surface area contributed by atoms with Crippen LogP contribution in [-0.2, 0) is 11.2 Å². The number of ether oxygens (including phenoxy) is 1. The van der Waals surface area contributed by atoms with Crippen molar-refractivity contribution >= 4 is 11.8 Å². The minimum absolute atomic E-state index is 0.103. The van der Waals surface area contributed by atoms with Crippen LogP contribution < -0.4 is 5.56 Å². The Bertz CT molecular complexity index is 814. The van der Waals surface area contributed by atoms with Gasteiger partial charge in [0.2, 0.25) is 0 Å². The summed E-state index contributed by atoms with van der Waals surface area (Å²) < 4.78 is 10.1. The van der Waals surface area contributed by atoms with Gasteiger partial charge in [-0.1, -0.05) is 0 Å². The highest BCUT2D eigenvalue weighted by molar-refractivity contribution is 6.01. The number of aryl methyl sites for hydroxylation is 1. The Labute approximate surface area is 126 Å². The number of aromatic nitrogens is 1. The summed E-state index contributed by atoms with van der Waals surface area (Å²) in [4.78, 5) is 38.5. The molecule has 22 heavy (non-hydrogen) atoms. The molecule has 1 aliphatic rings. The number of nitrogens with one attached hydrogen (secondary N) is 1. The highest BCUT2D eigenvalue weighted by Gasteiger charge is 2.30. The maximum atomic E-state index is 12.3. The molecule has 114 valence electrons. The van der Waals surface area contributed by atoms with E-state index in [0.29, 0.717) is 17.7 Å². The number of hydrogen-bond acceptors (Lipinski definition) is 5. The van der Waals surface area contributed by atoms with E-state index in [1.807, 2.05) is 19.1 Å². The summed E-state index contributed by atoms with van der Waals surface area (Å²) in [7, 11) is 1.19. The van der Waals surface area contributed by atoms with Crippen molar-refractivity contribution in [3.63, 3.8) is 0 Å². The van der Waals surface area contributed by atoms with Crippen molar-refractivity contribution in [1.82, 2.24) is 4.98 Å². The van der Waals surface area contributed by atoms with Gasteiger partial charge in [0.25, 0.3) is 5.56 Å². The standard InChI is InChI=1S/C16H15NO5/c1-8-3-4-14(22-8)9-5-12-10(13(18)6-9)7-11(15(19)17-12)16(20)21-2/h3-4,7,9H,5-6H2,1-2H3,(H,17,19)/t9-/m0/s1. The van der Waals surface area contributed by atoms with E-state index < -0.39 is 11.5 Å². The van der Waals surface area contributed by atoms with Crippen molar-refractivity contribution in [2.45, 2.75) is 25.7 Å². The fourth-order valence-corrected chi connectivity index (χ4v) is 2.77. The highest BCUT2D eigenvalue weighted by Crippen LogP contribution is 2.32. The Morgan fingerprint density at radius 1 is 1.32 bits per heavy atom. The molecule has 2 aromatic rings. The van der Waals surface area contributed by atoms with Crippen LogP contribution in [0.15, 0.2) is 27.4 Å². The molecular weight excluding hydrogens is 286 g/mol. The molecule has 3 rings (SSSR count). The summed E-state index contributed by atoms with van der Waals surface area (Å²) in [6.45, 7) is 1.84. The molecule has 0 spiro atoms. The van der Waals surface area contributed by atoms with Gasteiger partial charge in [-0.3, -0.25) is 9.59 Å². The molecule has 0 saturated carbocycles. The number of furan rings is 1. The third kappa shape index (κ3) is 2.36. The zero-order chi connectivity index (χ0) is 15.9. The monoisotopic (exact) mass is 301 g/mol. The molecule has 0 bridgehead atoms. The number of pyridine rings is 1. The Morgan fingerprint density at radius 3 is 2.73 bits per heavy atom. The molecule has 0 amide bonds. The van der Waals surface area contributed by atoms with Gasteiger partial charge in [0.1, 0.15) is 17.1 Å². The van der Waals surface area contributed by atoms with Crippen LogP contribution in [0.4, 0.5) is 0 Å². The third-order valence-corrected chi connectivity index (χ3v) is 3.87. The lowest BCUT2D eigenvalue weighted by Crippen LogP contribution is -2.27. The topological polar surface area (TPSA) is 89.4 Å². The smallest absolute Gasteiger partial charge is 0.343 e. The van der Waals surface area contributed by atoms with E-state index in [-0.39, 0.29) is 23.7 Å². The van der Waals surface area contributed by atoms with Crippen LogP contribution in [0.3, 0.4) is 0 Å². The van der Waals surface area contributed by atoms with Gasteiger partial charge < -0.3 is 14.1 Å². The van der Waals surface area contributed by atoms with Crippen molar-refractivity contribution in [2.75, 3.05) is 7.11 Å². The number of ketones is 1. The van der Waals surface area contributed by atoms with Crippen LogP contribution in [-0.4, -0.2) is 23.8 Å². The van der Waals surface area contributed by atoms with Gasteiger partial charge in [0, 0.05) is 23.6 Å². The van der Waals surface area contributed by atoms with E-state index in [0.717, 1.165) is 11.5 Å². The molecule has 0 fully saturated rings. The molecule has 1 atom stereocenters. The number of Topliss-reactive ketones (excluding diaryl/α,β-unsaturated/α-hetero) is 1. The van der Waals surface area contributed by atoms with Gasteiger partial charge >= 0.3 is 5.97 Å². The number of carbonyl (C=O) groups excluding carboxylic acids is 2. The first-order valence-corrected chi connectivity index (χ1v) is 6.93. The average Bonchev–Trinajstić information content (AvgIpc) is 2.92. The predicted molar refractivity (Wildman–Crippen MR) is 77.2 cm³/mol. The van der Waals surface area contributed by atoms with Crippen LogP contribution in [0, 0.1) is 6.92 Å². The van der Waals surface area contributed by atoms with Crippen molar-refractivity contribution < 1.29 is 18.7 Å².